The Labute approximate surface area is 234 Å². The summed E-state index contributed by atoms with van der Waals surface area (Å²) >= 11 is 7.08. The summed E-state index contributed by atoms with van der Waals surface area (Å²) in [6.07, 6.45) is 0. The van der Waals surface area contributed by atoms with Gasteiger partial charge in [-0.2, -0.15) is 5.26 Å². The molecule has 4 heteroatoms. The lowest BCUT2D eigenvalue weighted by molar-refractivity contribution is 1.28. The Morgan fingerprint density at radius 1 is 0.486 bits per heavy atom. The summed E-state index contributed by atoms with van der Waals surface area (Å²) in [6, 6.07) is 47.4. The fourth-order valence-electron chi connectivity index (χ4n) is 4.33. The molecular weight excluding hydrogens is 584 g/mol. The van der Waals surface area contributed by atoms with Crippen LogP contribution in [0.4, 0.5) is 17.1 Å². The van der Waals surface area contributed by atoms with Crippen LogP contribution < -0.4 is 4.90 Å². The quantitative estimate of drug-likeness (QED) is 0.142. The first-order valence-corrected chi connectivity index (χ1v) is 13.4. The van der Waals surface area contributed by atoms with Crippen molar-refractivity contribution in [3.05, 3.63) is 159 Å². The van der Waals surface area contributed by atoms with Crippen LogP contribution >= 0.6 is 31.9 Å². The molecule has 0 atom stereocenters. The van der Waals surface area contributed by atoms with Crippen LogP contribution in [0.15, 0.2) is 142 Å². The molecule has 0 aliphatic heterocycles. The van der Waals surface area contributed by atoms with Crippen LogP contribution in [0.1, 0.15) is 16.7 Å². The third kappa shape index (κ3) is 5.59. The largest absolute Gasteiger partial charge is 0.311 e. The monoisotopic (exact) mass is 604 g/mol. The molecule has 0 amide bonds. The smallest absolute Gasteiger partial charge is 0.100 e. The number of hydrogen-bond acceptors (Lipinski definition) is 2. The maximum absolute atomic E-state index is 10.3. The Hall–Kier alpha value is -3.91. The summed E-state index contributed by atoms with van der Waals surface area (Å²) < 4.78 is 2.06. The molecule has 0 aromatic heterocycles. The van der Waals surface area contributed by atoms with Crippen molar-refractivity contribution < 1.29 is 0 Å². The van der Waals surface area contributed by atoms with Crippen LogP contribution in [0.5, 0.6) is 0 Å². The van der Waals surface area contributed by atoms with Crippen LogP contribution in [0.3, 0.4) is 0 Å². The summed E-state index contributed by atoms with van der Waals surface area (Å²) in [5, 5.41) is 10.3. The molecule has 5 rings (SSSR count). The number of nitriles is 1. The van der Waals surface area contributed by atoms with Gasteiger partial charge in [0.2, 0.25) is 0 Å². The zero-order valence-corrected chi connectivity index (χ0v) is 23.0. The molecule has 37 heavy (non-hydrogen) atoms. The van der Waals surface area contributed by atoms with Crippen molar-refractivity contribution in [1.29, 1.82) is 5.26 Å². The molecule has 5 aromatic rings. The predicted molar refractivity (Wildman–Crippen MR) is 161 cm³/mol. The van der Waals surface area contributed by atoms with E-state index in [4.69, 9.17) is 0 Å². The average molecular weight is 606 g/mol. The standard InChI is InChI=1S/C33H22Br2N2/c34-27-13-19-30(20-14-27)37(31-21-15-28(35)16-22-31)29-17-11-24(12-18-29)32(23-36)33(25-7-3-1-4-8-25)26-9-5-2-6-10-26/h1-22H. The first-order chi connectivity index (χ1) is 18.1. The average Bonchev–Trinajstić information content (AvgIpc) is 2.95. The predicted octanol–water partition coefficient (Wildman–Crippen LogP) is 10.2. The molecule has 0 aliphatic carbocycles. The third-order valence-electron chi connectivity index (χ3n) is 6.07. The molecule has 178 valence electrons. The summed E-state index contributed by atoms with van der Waals surface area (Å²) in [5.74, 6) is 0. The van der Waals surface area contributed by atoms with Crippen LogP contribution in [0, 0.1) is 11.3 Å². The van der Waals surface area contributed by atoms with Gasteiger partial charge in [-0.25, -0.2) is 0 Å². The SMILES string of the molecule is N#CC(=C(c1ccccc1)c1ccccc1)c1ccc(N(c2ccc(Br)cc2)c2ccc(Br)cc2)cc1. The first-order valence-electron chi connectivity index (χ1n) is 11.8. The van der Waals surface area contributed by atoms with E-state index >= 15 is 0 Å². The van der Waals surface area contributed by atoms with E-state index in [0.717, 1.165) is 48.3 Å². The van der Waals surface area contributed by atoms with Crippen molar-refractivity contribution in [3.8, 4) is 6.07 Å². The number of anilines is 3. The van der Waals surface area contributed by atoms with Crippen LogP contribution in [-0.2, 0) is 0 Å². The molecular formula is C33H22Br2N2. The first kappa shape index (κ1) is 24.8. The molecule has 0 fully saturated rings. The van der Waals surface area contributed by atoms with E-state index in [1.807, 2.05) is 72.8 Å². The van der Waals surface area contributed by atoms with E-state index in [-0.39, 0.29) is 0 Å². The Morgan fingerprint density at radius 3 is 1.24 bits per heavy atom. The fourth-order valence-corrected chi connectivity index (χ4v) is 4.86. The Kier molecular flexibility index (Phi) is 7.65. The number of halogens is 2. The number of allylic oxidation sites excluding steroid dienone is 1. The van der Waals surface area contributed by atoms with E-state index in [1.165, 1.54) is 0 Å². The summed E-state index contributed by atoms with van der Waals surface area (Å²) in [5.41, 5.74) is 7.57. The maximum atomic E-state index is 10.3. The summed E-state index contributed by atoms with van der Waals surface area (Å²) in [7, 11) is 0. The van der Waals surface area contributed by atoms with Crippen molar-refractivity contribution in [2.75, 3.05) is 4.90 Å². The number of rotatable bonds is 6. The zero-order chi connectivity index (χ0) is 25.6. The van der Waals surface area contributed by atoms with Gasteiger partial charge in [0.25, 0.3) is 0 Å². The lowest BCUT2D eigenvalue weighted by atomic mass is 9.90. The number of hydrogen-bond donors (Lipinski definition) is 0. The van der Waals surface area contributed by atoms with E-state index in [0.29, 0.717) is 5.57 Å². The van der Waals surface area contributed by atoms with Crippen LogP contribution in [0.2, 0.25) is 0 Å². The highest BCUT2D eigenvalue weighted by Gasteiger charge is 2.16. The van der Waals surface area contributed by atoms with Crippen molar-refractivity contribution in [2.24, 2.45) is 0 Å². The lowest BCUT2D eigenvalue weighted by Gasteiger charge is -2.26. The minimum Gasteiger partial charge on any atom is -0.311 e. The van der Waals surface area contributed by atoms with Gasteiger partial charge in [-0.3, -0.25) is 0 Å². The van der Waals surface area contributed by atoms with E-state index in [2.05, 4.69) is 103 Å². The maximum Gasteiger partial charge on any atom is 0.100 e. The molecule has 0 saturated carbocycles. The molecule has 0 bridgehead atoms. The van der Waals surface area contributed by atoms with Gasteiger partial charge in [-0.15, -0.1) is 0 Å². The second-order valence-corrected chi connectivity index (χ2v) is 10.3. The Balaban J connectivity index is 1.62. The Morgan fingerprint density at radius 2 is 0.865 bits per heavy atom. The van der Waals surface area contributed by atoms with Gasteiger partial charge in [-0.05, 0) is 77.4 Å². The van der Waals surface area contributed by atoms with Gasteiger partial charge in [0.05, 0.1) is 5.57 Å². The second kappa shape index (κ2) is 11.4. The molecule has 0 saturated heterocycles. The normalized spacial score (nSPS) is 10.4. The molecule has 0 N–H and O–H groups in total. The molecule has 0 radical (unpaired) electrons. The molecule has 0 aliphatic rings. The van der Waals surface area contributed by atoms with Gasteiger partial charge in [0.15, 0.2) is 0 Å². The van der Waals surface area contributed by atoms with Crippen LogP contribution in [0.25, 0.3) is 11.1 Å². The van der Waals surface area contributed by atoms with Crippen molar-refractivity contribution in [2.45, 2.75) is 0 Å². The topological polar surface area (TPSA) is 27.0 Å². The van der Waals surface area contributed by atoms with E-state index in [9.17, 15) is 5.26 Å². The van der Waals surface area contributed by atoms with Gasteiger partial charge in [0.1, 0.15) is 6.07 Å². The van der Waals surface area contributed by atoms with Crippen molar-refractivity contribution in [1.82, 2.24) is 0 Å². The lowest BCUT2D eigenvalue weighted by Crippen LogP contribution is -2.09. The third-order valence-corrected chi connectivity index (χ3v) is 7.13. The Bertz CT molecular complexity index is 1460. The fraction of sp³-hybridized carbons (Fsp3) is 0. The van der Waals surface area contributed by atoms with E-state index in [1.54, 1.807) is 0 Å². The summed E-state index contributed by atoms with van der Waals surface area (Å²) in [6.45, 7) is 0. The molecule has 2 nitrogen and oxygen atoms in total. The van der Waals surface area contributed by atoms with E-state index < -0.39 is 0 Å². The second-order valence-electron chi connectivity index (χ2n) is 8.43. The van der Waals surface area contributed by atoms with Crippen molar-refractivity contribution in [3.63, 3.8) is 0 Å². The van der Waals surface area contributed by atoms with Crippen LogP contribution in [-0.4, -0.2) is 0 Å². The highest BCUT2D eigenvalue weighted by molar-refractivity contribution is 9.10. The number of benzene rings is 5. The molecule has 0 heterocycles. The molecule has 0 unspecified atom stereocenters. The summed E-state index contributed by atoms with van der Waals surface area (Å²) in [4.78, 5) is 2.20. The van der Waals surface area contributed by atoms with Gasteiger partial charge in [0, 0.05) is 31.6 Å². The molecule has 0 spiro atoms. The highest BCUT2D eigenvalue weighted by atomic mass is 79.9. The number of nitrogens with zero attached hydrogens (tertiary/aromatic N) is 2. The van der Waals surface area contributed by atoms with Gasteiger partial charge >= 0.3 is 0 Å². The minimum absolute atomic E-state index is 0.641. The van der Waals surface area contributed by atoms with Crippen molar-refractivity contribution >= 4 is 60.1 Å². The highest BCUT2D eigenvalue weighted by Crippen LogP contribution is 2.37. The molecule has 5 aromatic carbocycles. The van der Waals surface area contributed by atoms with Gasteiger partial charge < -0.3 is 4.90 Å². The zero-order valence-electron chi connectivity index (χ0n) is 19.9. The minimum atomic E-state index is 0.641. The van der Waals surface area contributed by atoms with Gasteiger partial charge in [-0.1, -0.05) is 105 Å².